The summed E-state index contributed by atoms with van der Waals surface area (Å²) in [5.74, 6) is 0.933. The Labute approximate surface area is 157 Å². The minimum atomic E-state index is -0.101. The SMILES string of the molecule is CC[C@]1(C)Cc2c(sc3nc(SC(C)C)nc(NCCOC)c23)CO1. The molecular formula is C18H27N3O2S2. The van der Waals surface area contributed by atoms with Gasteiger partial charge in [0, 0.05) is 30.2 Å². The van der Waals surface area contributed by atoms with E-state index < -0.39 is 0 Å². The predicted molar refractivity (Wildman–Crippen MR) is 106 cm³/mol. The number of hydrogen-bond donors (Lipinski definition) is 1. The fraction of sp³-hybridized carbons (Fsp3) is 0.667. The third-order valence-electron chi connectivity index (χ3n) is 4.50. The molecule has 5 nitrogen and oxygen atoms in total. The van der Waals surface area contributed by atoms with Crippen LogP contribution < -0.4 is 5.32 Å². The average molecular weight is 382 g/mol. The first kappa shape index (κ1) is 18.9. The van der Waals surface area contributed by atoms with E-state index in [1.165, 1.54) is 15.8 Å². The van der Waals surface area contributed by atoms with Gasteiger partial charge in [-0.1, -0.05) is 32.5 Å². The quantitative estimate of drug-likeness (QED) is 0.433. The molecule has 0 saturated heterocycles. The molecule has 1 aliphatic rings. The Morgan fingerprint density at radius 1 is 1.40 bits per heavy atom. The van der Waals surface area contributed by atoms with Gasteiger partial charge in [0.25, 0.3) is 0 Å². The summed E-state index contributed by atoms with van der Waals surface area (Å²) in [5.41, 5.74) is 1.26. The van der Waals surface area contributed by atoms with Crippen LogP contribution in [0.15, 0.2) is 5.16 Å². The standard InChI is InChI=1S/C18H27N3O2S2/c1-6-18(4)9-12-13(10-23-18)25-16-14(12)15(19-7-8-22-5)20-17(21-16)24-11(2)3/h11H,6-10H2,1-5H3,(H,19,20,21)/t18-/m1/s1. The van der Waals surface area contributed by atoms with Gasteiger partial charge in [0.15, 0.2) is 5.16 Å². The van der Waals surface area contributed by atoms with Crippen molar-refractivity contribution in [3.63, 3.8) is 0 Å². The largest absolute Gasteiger partial charge is 0.383 e. The molecule has 0 radical (unpaired) electrons. The molecule has 0 spiro atoms. The summed E-state index contributed by atoms with van der Waals surface area (Å²) in [6.45, 7) is 10.8. The average Bonchev–Trinajstić information content (AvgIpc) is 2.92. The zero-order chi connectivity index (χ0) is 18.0. The third-order valence-corrected chi connectivity index (χ3v) is 6.47. The molecule has 1 aliphatic heterocycles. The summed E-state index contributed by atoms with van der Waals surface area (Å²) in [6.07, 6.45) is 1.91. The number of ether oxygens (including phenoxy) is 2. The Hall–Kier alpha value is -0.890. The molecule has 138 valence electrons. The van der Waals surface area contributed by atoms with Crippen molar-refractivity contribution in [2.45, 2.75) is 63.2 Å². The third kappa shape index (κ3) is 4.10. The summed E-state index contributed by atoms with van der Waals surface area (Å²) in [6, 6.07) is 0. The van der Waals surface area contributed by atoms with Crippen molar-refractivity contribution in [1.29, 1.82) is 0 Å². The summed E-state index contributed by atoms with van der Waals surface area (Å²) < 4.78 is 11.3. The van der Waals surface area contributed by atoms with Gasteiger partial charge in [0.05, 0.1) is 24.2 Å². The minimum absolute atomic E-state index is 0.101. The topological polar surface area (TPSA) is 56.3 Å². The van der Waals surface area contributed by atoms with Crippen LogP contribution in [0.25, 0.3) is 10.2 Å². The van der Waals surface area contributed by atoms with Crippen LogP contribution in [0.3, 0.4) is 0 Å². The molecule has 3 rings (SSSR count). The van der Waals surface area contributed by atoms with E-state index in [0.29, 0.717) is 18.5 Å². The smallest absolute Gasteiger partial charge is 0.191 e. The van der Waals surface area contributed by atoms with Crippen molar-refractivity contribution in [1.82, 2.24) is 9.97 Å². The highest BCUT2D eigenvalue weighted by Crippen LogP contribution is 2.42. The van der Waals surface area contributed by atoms with Crippen molar-refractivity contribution in [2.24, 2.45) is 0 Å². The van der Waals surface area contributed by atoms with Crippen LogP contribution in [0.2, 0.25) is 0 Å². The van der Waals surface area contributed by atoms with Crippen LogP contribution in [0.4, 0.5) is 5.82 Å². The van der Waals surface area contributed by atoms with Crippen LogP contribution in [-0.2, 0) is 22.5 Å². The highest BCUT2D eigenvalue weighted by atomic mass is 32.2. The Morgan fingerprint density at radius 3 is 2.88 bits per heavy atom. The summed E-state index contributed by atoms with van der Waals surface area (Å²) in [5, 5.41) is 5.92. The van der Waals surface area contributed by atoms with Crippen molar-refractivity contribution in [3.05, 3.63) is 10.4 Å². The number of thiophene rings is 1. The molecule has 0 aromatic carbocycles. The second-order valence-electron chi connectivity index (χ2n) is 6.89. The van der Waals surface area contributed by atoms with Gasteiger partial charge in [0.1, 0.15) is 10.6 Å². The zero-order valence-corrected chi connectivity index (χ0v) is 17.3. The van der Waals surface area contributed by atoms with Gasteiger partial charge in [-0.2, -0.15) is 0 Å². The summed E-state index contributed by atoms with van der Waals surface area (Å²) in [7, 11) is 1.72. The molecule has 1 N–H and O–H groups in total. The fourth-order valence-electron chi connectivity index (χ4n) is 2.94. The number of nitrogens with zero attached hydrogens (tertiary/aromatic N) is 2. The number of hydrogen-bond acceptors (Lipinski definition) is 7. The Balaban J connectivity index is 2.06. The van der Waals surface area contributed by atoms with E-state index in [4.69, 9.17) is 19.4 Å². The highest BCUT2D eigenvalue weighted by Gasteiger charge is 2.33. The number of thioether (sulfide) groups is 1. The van der Waals surface area contributed by atoms with E-state index in [1.807, 2.05) is 0 Å². The fourth-order valence-corrected chi connectivity index (χ4v) is 4.81. The second kappa shape index (κ2) is 7.78. The maximum atomic E-state index is 6.12. The first-order valence-corrected chi connectivity index (χ1v) is 10.5. The minimum Gasteiger partial charge on any atom is -0.383 e. The second-order valence-corrected chi connectivity index (χ2v) is 9.52. The molecule has 7 heteroatoms. The Morgan fingerprint density at radius 2 is 2.20 bits per heavy atom. The Kier molecular flexibility index (Phi) is 5.88. The molecule has 2 aromatic rings. The van der Waals surface area contributed by atoms with Crippen molar-refractivity contribution in [3.8, 4) is 0 Å². The molecule has 25 heavy (non-hydrogen) atoms. The zero-order valence-electron chi connectivity index (χ0n) is 15.6. The monoisotopic (exact) mass is 381 g/mol. The van der Waals surface area contributed by atoms with E-state index in [1.54, 1.807) is 30.2 Å². The van der Waals surface area contributed by atoms with Crippen LogP contribution in [0.1, 0.15) is 44.6 Å². The number of rotatable bonds is 7. The summed E-state index contributed by atoms with van der Waals surface area (Å²) >= 11 is 3.44. The van der Waals surface area contributed by atoms with Crippen molar-refractivity contribution in [2.75, 3.05) is 25.6 Å². The van der Waals surface area contributed by atoms with Crippen molar-refractivity contribution >= 4 is 39.1 Å². The van der Waals surface area contributed by atoms with Gasteiger partial charge in [-0.3, -0.25) is 0 Å². The van der Waals surface area contributed by atoms with Crippen LogP contribution in [0.5, 0.6) is 0 Å². The number of fused-ring (bicyclic) bond motifs is 3. The molecule has 0 aliphatic carbocycles. The van der Waals surface area contributed by atoms with Gasteiger partial charge >= 0.3 is 0 Å². The molecule has 0 fully saturated rings. The molecule has 0 amide bonds. The molecule has 2 aromatic heterocycles. The lowest BCUT2D eigenvalue weighted by Crippen LogP contribution is -2.34. The lowest BCUT2D eigenvalue weighted by atomic mass is 9.90. The van der Waals surface area contributed by atoms with E-state index >= 15 is 0 Å². The number of anilines is 1. The van der Waals surface area contributed by atoms with E-state index in [9.17, 15) is 0 Å². The lowest BCUT2D eigenvalue weighted by Gasteiger charge is -2.33. The molecule has 0 saturated carbocycles. The van der Waals surface area contributed by atoms with Gasteiger partial charge in [-0.15, -0.1) is 11.3 Å². The van der Waals surface area contributed by atoms with Crippen LogP contribution in [0, 0.1) is 0 Å². The molecular weight excluding hydrogens is 354 g/mol. The van der Waals surface area contributed by atoms with Crippen LogP contribution >= 0.6 is 23.1 Å². The van der Waals surface area contributed by atoms with Gasteiger partial charge < -0.3 is 14.8 Å². The maximum Gasteiger partial charge on any atom is 0.191 e. The van der Waals surface area contributed by atoms with E-state index in [-0.39, 0.29) is 5.60 Å². The van der Waals surface area contributed by atoms with E-state index in [2.05, 4.69) is 33.0 Å². The lowest BCUT2D eigenvalue weighted by molar-refractivity contribution is -0.0542. The molecule has 1 atom stereocenters. The predicted octanol–water partition coefficient (Wildman–Crippen LogP) is 4.49. The number of aromatic nitrogens is 2. The molecule has 0 unspecified atom stereocenters. The Bertz CT molecular complexity index is 747. The number of methoxy groups -OCH3 is 1. The van der Waals surface area contributed by atoms with Gasteiger partial charge in [0.2, 0.25) is 0 Å². The molecule has 0 bridgehead atoms. The van der Waals surface area contributed by atoms with Crippen LogP contribution in [-0.4, -0.2) is 41.1 Å². The summed E-state index contributed by atoms with van der Waals surface area (Å²) in [4.78, 5) is 12.0. The maximum absolute atomic E-state index is 6.12. The molecule has 3 heterocycles. The first-order valence-electron chi connectivity index (χ1n) is 8.81. The first-order chi connectivity index (χ1) is 12.0. The highest BCUT2D eigenvalue weighted by molar-refractivity contribution is 7.99. The van der Waals surface area contributed by atoms with E-state index in [0.717, 1.165) is 35.2 Å². The number of nitrogens with one attached hydrogen (secondary N) is 1. The normalized spacial score (nSPS) is 20.2. The van der Waals surface area contributed by atoms with Crippen molar-refractivity contribution < 1.29 is 9.47 Å². The van der Waals surface area contributed by atoms with Gasteiger partial charge in [-0.05, 0) is 18.9 Å². The van der Waals surface area contributed by atoms with Gasteiger partial charge in [-0.25, -0.2) is 9.97 Å².